The number of unbranched alkanes of at least 4 members (excludes halogenated alkanes) is 1. The van der Waals surface area contributed by atoms with Crippen molar-refractivity contribution >= 4 is 17.6 Å². The Balaban J connectivity index is 1.70. The molecule has 23 heavy (non-hydrogen) atoms. The van der Waals surface area contributed by atoms with Gasteiger partial charge in [0.25, 0.3) is 0 Å². The maximum absolute atomic E-state index is 4.76. The van der Waals surface area contributed by atoms with Crippen LogP contribution in [0.2, 0.25) is 0 Å². The average molecular weight is 333 g/mol. The molecule has 0 unspecified atom stereocenters. The van der Waals surface area contributed by atoms with Crippen molar-refractivity contribution in [2.45, 2.75) is 38.5 Å². The average Bonchev–Trinajstić information content (AvgIpc) is 2.60. The molecule has 1 aromatic heterocycles. The van der Waals surface area contributed by atoms with Gasteiger partial charge >= 0.3 is 0 Å². The lowest BCUT2D eigenvalue weighted by molar-refractivity contribution is 0.694. The molecule has 0 fully saturated rings. The van der Waals surface area contributed by atoms with Gasteiger partial charge in [0, 0.05) is 25.0 Å². The normalized spacial score (nSPS) is 13.9. The monoisotopic (exact) mass is 332 g/mol. The van der Waals surface area contributed by atoms with Crippen LogP contribution in [0.1, 0.15) is 36.9 Å². The van der Waals surface area contributed by atoms with Crippen molar-refractivity contribution in [2.75, 3.05) is 24.8 Å². The van der Waals surface area contributed by atoms with Crippen LogP contribution in [0.25, 0.3) is 0 Å². The van der Waals surface area contributed by atoms with Gasteiger partial charge in [-0.2, -0.15) is 0 Å². The zero-order valence-electron chi connectivity index (χ0n) is 14.0. The fourth-order valence-electron chi connectivity index (χ4n) is 2.62. The fraction of sp³-hybridized carbons (Fsp3) is 0.500. The number of aryl methyl sites for hydroxylation is 2. The molecule has 0 saturated carbocycles. The second kappa shape index (κ2) is 10.2. The van der Waals surface area contributed by atoms with Crippen molar-refractivity contribution in [1.82, 2.24) is 15.6 Å². The summed E-state index contributed by atoms with van der Waals surface area (Å²) in [4.78, 5) is 4.76. The number of hydrogen-bond donors (Lipinski definition) is 3. The molecule has 0 radical (unpaired) electrons. The maximum Gasteiger partial charge on any atom is 0.129 e. The molecule has 0 aromatic carbocycles. The van der Waals surface area contributed by atoms with Gasteiger partial charge in [-0.15, -0.1) is 11.8 Å². The van der Waals surface area contributed by atoms with E-state index in [1.54, 1.807) is 18.0 Å². The summed E-state index contributed by atoms with van der Waals surface area (Å²) in [5, 5.41) is 12.0. The van der Waals surface area contributed by atoms with E-state index in [4.69, 9.17) is 4.98 Å². The van der Waals surface area contributed by atoms with Crippen molar-refractivity contribution < 1.29 is 0 Å². The van der Waals surface area contributed by atoms with Gasteiger partial charge in [0.2, 0.25) is 0 Å². The zero-order chi connectivity index (χ0) is 16.3. The number of pyridine rings is 1. The van der Waals surface area contributed by atoms with E-state index in [9.17, 15) is 0 Å². The predicted octanol–water partition coefficient (Wildman–Crippen LogP) is 3.64. The second-order valence-corrected chi connectivity index (χ2v) is 6.52. The van der Waals surface area contributed by atoms with E-state index in [1.807, 2.05) is 7.05 Å². The van der Waals surface area contributed by atoms with E-state index in [2.05, 4.69) is 40.1 Å². The summed E-state index contributed by atoms with van der Waals surface area (Å²) in [6, 6.07) is 4.43. The second-order valence-electron chi connectivity index (χ2n) is 5.66. The summed E-state index contributed by atoms with van der Waals surface area (Å²) >= 11 is 1.75. The van der Waals surface area contributed by atoms with Gasteiger partial charge in [-0.3, -0.25) is 0 Å². The Kier molecular flexibility index (Phi) is 7.87. The van der Waals surface area contributed by atoms with Gasteiger partial charge in [0.1, 0.15) is 5.82 Å². The van der Waals surface area contributed by atoms with E-state index in [0.717, 1.165) is 37.5 Å². The first-order chi connectivity index (χ1) is 11.3. The highest BCUT2D eigenvalue weighted by molar-refractivity contribution is 8.02. The first-order valence-electron chi connectivity index (χ1n) is 8.39. The van der Waals surface area contributed by atoms with Gasteiger partial charge in [0.05, 0.1) is 5.88 Å². The molecular weight excluding hydrogens is 304 g/mol. The van der Waals surface area contributed by atoms with E-state index in [1.165, 1.54) is 36.2 Å². The van der Waals surface area contributed by atoms with Crippen LogP contribution in [0.4, 0.5) is 5.82 Å². The summed E-state index contributed by atoms with van der Waals surface area (Å²) in [7, 11) is 1.99. The summed E-state index contributed by atoms with van der Waals surface area (Å²) < 4.78 is 0. The summed E-state index contributed by atoms with van der Waals surface area (Å²) in [5.74, 6) is 1.97. The van der Waals surface area contributed by atoms with Crippen LogP contribution in [0.3, 0.4) is 0 Å². The number of anilines is 1. The molecule has 0 atom stereocenters. The molecule has 1 aliphatic rings. The van der Waals surface area contributed by atoms with Crippen LogP contribution in [-0.4, -0.2) is 24.5 Å². The lowest BCUT2D eigenvalue weighted by Crippen LogP contribution is -2.14. The number of allylic oxidation sites excluding steroid dienone is 1. The minimum Gasteiger partial charge on any atom is -0.391 e. The molecular formula is C18H28N4S. The van der Waals surface area contributed by atoms with Crippen molar-refractivity contribution in [3.63, 3.8) is 0 Å². The Morgan fingerprint density at radius 1 is 1.43 bits per heavy atom. The zero-order valence-corrected chi connectivity index (χ0v) is 14.8. The molecule has 0 aliphatic carbocycles. The number of nitrogens with one attached hydrogen (secondary N) is 3. The number of hydrogen-bond acceptors (Lipinski definition) is 5. The topological polar surface area (TPSA) is 49.0 Å². The molecule has 3 N–H and O–H groups in total. The molecule has 4 nitrogen and oxygen atoms in total. The summed E-state index contributed by atoms with van der Waals surface area (Å²) in [5.41, 5.74) is 3.86. The molecule has 0 bridgehead atoms. The third-order valence-corrected chi connectivity index (χ3v) is 4.72. The molecule has 126 valence electrons. The lowest BCUT2D eigenvalue weighted by atomic mass is 10.1. The quantitative estimate of drug-likeness (QED) is 0.451. The first kappa shape index (κ1) is 17.7. The molecule has 0 saturated heterocycles. The van der Waals surface area contributed by atoms with Gasteiger partial charge < -0.3 is 16.0 Å². The Labute approximate surface area is 144 Å². The number of nitrogens with zero attached hydrogens (tertiary/aromatic N) is 1. The van der Waals surface area contributed by atoms with Crippen LogP contribution < -0.4 is 16.0 Å². The van der Waals surface area contributed by atoms with E-state index < -0.39 is 0 Å². The minimum absolute atomic E-state index is 0.862. The number of thioether (sulfide) groups is 1. The molecule has 5 heteroatoms. The lowest BCUT2D eigenvalue weighted by Gasteiger charge is -2.17. The van der Waals surface area contributed by atoms with Crippen molar-refractivity contribution in [3.05, 3.63) is 47.3 Å². The third kappa shape index (κ3) is 6.18. The SMILES string of the molecule is C=CNCS/C=C(/CCCCc1ccc2c(n1)NCCC2)NC. The molecule has 1 aliphatic heterocycles. The smallest absolute Gasteiger partial charge is 0.129 e. The van der Waals surface area contributed by atoms with Crippen molar-refractivity contribution in [3.8, 4) is 0 Å². The number of aromatic nitrogens is 1. The van der Waals surface area contributed by atoms with E-state index >= 15 is 0 Å². The molecule has 1 aromatic rings. The Hall–Kier alpha value is -1.62. The van der Waals surface area contributed by atoms with Crippen LogP contribution >= 0.6 is 11.8 Å². The minimum atomic E-state index is 0.862. The molecule has 2 heterocycles. The standard InChI is InChI=1S/C18H28N4S/c1-3-20-14-23-13-17(19-2)9-5-4-8-16-11-10-15-7-6-12-21-18(15)22-16/h3,10-11,13,19-20H,1,4-9,12,14H2,2H3,(H,21,22)/b17-13-. The highest BCUT2D eigenvalue weighted by atomic mass is 32.2. The Morgan fingerprint density at radius 2 is 2.35 bits per heavy atom. The Bertz CT molecular complexity index is 528. The van der Waals surface area contributed by atoms with Crippen molar-refractivity contribution in [2.24, 2.45) is 0 Å². The van der Waals surface area contributed by atoms with Crippen LogP contribution in [0.5, 0.6) is 0 Å². The molecule has 0 amide bonds. The summed E-state index contributed by atoms with van der Waals surface area (Å²) in [6.45, 7) is 4.70. The van der Waals surface area contributed by atoms with E-state index in [-0.39, 0.29) is 0 Å². The third-order valence-electron chi connectivity index (χ3n) is 3.94. The van der Waals surface area contributed by atoms with Gasteiger partial charge in [-0.1, -0.05) is 12.6 Å². The fourth-order valence-corrected chi connectivity index (χ4v) is 3.36. The van der Waals surface area contributed by atoms with Crippen LogP contribution in [0, 0.1) is 0 Å². The largest absolute Gasteiger partial charge is 0.391 e. The Morgan fingerprint density at radius 3 is 3.17 bits per heavy atom. The van der Waals surface area contributed by atoms with Crippen LogP contribution in [0.15, 0.2) is 36.0 Å². The molecule has 0 spiro atoms. The maximum atomic E-state index is 4.76. The van der Waals surface area contributed by atoms with Gasteiger partial charge in [-0.25, -0.2) is 4.98 Å². The highest BCUT2D eigenvalue weighted by Crippen LogP contribution is 2.20. The molecule has 2 rings (SSSR count). The van der Waals surface area contributed by atoms with Gasteiger partial charge in [0.15, 0.2) is 0 Å². The van der Waals surface area contributed by atoms with Crippen molar-refractivity contribution in [1.29, 1.82) is 0 Å². The highest BCUT2D eigenvalue weighted by Gasteiger charge is 2.09. The van der Waals surface area contributed by atoms with Gasteiger partial charge in [-0.05, 0) is 61.8 Å². The number of rotatable bonds is 10. The predicted molar refractivity (Wildman–Crippen MR) is 102 cm³/mol. The number of fused-ring (bicyclic) bond motifs is 1. The van der Waals surface area contributed by atoms with E-state index in [0.29, 0.717) is 0 Å². The van der Waals surface area contributed by atoms with Crippen LogP contribution in [-0.2, 0) is 12.8 Å². The first-order valence-corrected chi connectivity index (χ1v) is 9.43. The summed E-state index contributed by atoms with van der Waals surface area (Å²) in [6.07, 6.45) is 8.57.